The van der Waals surface area contributed by atoms with E-state index in [-0.39, 0.29) is 18.4 Å². The fourth-order valence-electron chi connectivity index (χ4n) is 1.69. The molecule has 6 heteroatoms. The van der Waals surface area contributed by atoms with Crippen LogP contribution in [0.1, 0.15) is 20.3 Å². The minimum absolute atomic E-state index is 0.117. The van der Waals surface area contributed by atoms with Crippen LogP contribution in [-0.4, -0.2) is 54.3 Å². The molecule has 1 heterocycles. The summed E-state index contributed by atoms with van der Waals surface area (Å²) in [6.07, 6.45) is 0.871. The molecular formula is C11H20N2O3S. The summed E-state index contributed by atoms with van der Waals surface area (Å²) in [4.78, 5) is 25.3. The van der Waals surface area contributed by atoms with Crippen molar-refractivity contribution in [1.29, 1.82) is 0 Å². The first kappa shape index (κ1) is 14.3. The molecule has 1 N–H and O–H groups in total. The van der Waals surface area contributed by atoms with E-state index < -0.39 is 11.3 Å². The summed E-state index contributed by atoms with van der Waals surface area (Å²) in [5.74, 6) is -0.262. The van der Waals surface area contributed by atoms with Gasteiger partial charge in [0.25, 0.3) is 0 Å². The van der Waals surface area contributed by atoms with E-state index in [9.17, 15) is 9.59 Å². The summed E-state index contributed by atoms with van der Waals surface area (Å²) in [6.45, 7) is 5.51. The second kappa shape index (κ2) is 6.86. The van der Waals surface area contributed by atoms with E-state index in [1.165, 1.54) is 0 Å². The Labute approximate surface area is 107 Å². The average molecular weight is 260 g/mol. The molecule has 17 heavy (non-hydrogen) atoms. The van der Waals surface area contributed by atoms with Crippen molar-refractivity contribution in [2.24, 2.45) is 0 Å². The van der Waals surface area contributed by atoms with Crippen molar-refractivity contribution >= 4 is 24.4 Å². The molecule has 0 aromatic carbocycles. The topological polar surface area (TPSA) is 58.6 Å². The van der Waals surface area contributed by atoms with Gasteiger partial charge in [0.2, 0.25) is 11.8 Å². The Balaban J connectivity index is 2.65. The smallest absolute Gasteiger partial charge is 0.245 e. The lowest BCUT2D eigenvalue weighted by atomic mass is 10.2. The Hall–Kier alpha value is -0.750. The van der Waals surface area contributed by atoms with Crippen molar-refractivity contribution in [3.63, 3.8) is 0 Å². The summed E-state index contributed by atoms with van der Waals surface area (Å²) in [6, 6.07) is -0.516. The molecule has 0 bridgehead atoms. The predicted molar refractivity (Wildman–Crippen MR) is 68.1 cm³/mol. The van der Waals surface area contributed by atoms with Gasteiger partial charge in [-0.15, -0.1) is 0 Å². The molecule has 0 aromatic heterocycles. The zero-order valence-corrected chi connectivity index (χ0v) is 11.2. The fourth-order valence-corrected chi connectivity index (χ4v) is 1.84. The van der Waals surface area contributed by atoms with Gasteiger partial charge in [-0.3, -0.25) is 9.59 Å². The minimum atomic E-state index is -0.516. The Bertz CT molecular complexity index is 284. The molecule has 1 fully saturated rings. The molecule has 2 unspecified atom stereocenters. The third kappa shape index (κ3) is 3.89. The first-order valence-corrected chi connectivity index (χ1v) is 6.43. The molecule has 1 rings (SSSR count). The van der Waals surface area contributed by atoms with Crippen LogP contribution in [0.3, 0.4) is 0 Å². The molecule has 0 radical (unpaired) electrons. The second-order valence-corrected chi connectivity index (χ2v) is 4.86. The number of morpholine rings is 1. The van der Waals surface area contributed by atoms with Crippen molar-refractivity contribution in [3.8, 4) is 0 Å². The highest BCUT2D eigenvalue weighted by molar-refractivity contribution is 7.81. The Morgan fingerprint density at radius 1 is 1.59 bits per heavy atom. The standard InChI is InChI=1S/C11H20N2O3S/c1-3-4-12-10(14)9-7-16-6-5-13(9)11(15)8(2)17/h8-9,17H,3-7H2,1-2H3,(H,12,14). The van der Waals surface area contributed by atoms with Gasteiger partial charge < -0.3 is 15.0 Å². The van der Waals surface area contributed by atoms with Crippen molar-refractivity contribution in [1.82, 2.24) is 10.2 Å². The van der Waals surface area contributed by atoms with Crippen LogP contribution in [-0.2, 0) is 14.3 Å². The number of thiol groups is 1. The molecule has 1 saturated heterocycles. The highest BCUT2D eigenvalue weighted by atomic mass is 32.1. The van der Waals surface area contributed by atoms with Gasteiger partial charge in [0, 0.05) is 13.1 Å². The third-order valence-electron chi connectivity index (χ3n) is 2.62. The number of ether oxygens (including phenoxy) is 1. The van der Waals surface area contributed by atoms with E-state index in [0.29, 0.717) is 19.7 Å². The van der Waals surface area contributed by atoms with E-state index in [2.05, 4.69) is 17.9 Å². The number of hydrogen-bond acceptors (Lipinski definition) is 4. The third-order valence-corrected chi connectivity index (χ3v) is 2.84. The Kier molecular flexibility index (Phi) is 5.77. The van der Waals surface area contributed by atoms with Gasteiger partial charge in [0.05, 0.1) is 18.5 Å². The molecule has 0 spiro atoms. The minimum Gasteiger partial charge on any atom is -0.377 e. The number of hydrogen-bond donors (Lipinski definition) is 2. The first-order chi connectivity index (χ1) is 8.07. The largest absolute Gasteiger partial charge is 0.377 e. The van der Waals surface area contributed by atoms with Crippen LogP contribution >= 0.6 is 12.6 Å². The number of carbonyl (C=O) groups excluding carboxylic acids is 2. The van der Waals surface area contributed by atoms with Crippen molar-refractivity contribution < 1.29 is 14.3 Å². The first-order valence-electron chi connectivity index (χ1n) is 5.92. The molecule has 0 aromatic rings. The van der Waals surface area contributed by atoms with Crippen molar-refractivity contribution in [2.45, 2.75) is 31.6 Å². The van der Waals surface area contributed by atoms with Gasteiger partial charge in [0.15, 0.2) is 0 Å². The molecule has 1 aliphatic rings. The summed E-state index contributed by atoms with van der Waals surface area (Å²) in [5, 5.41) is 2.39. The Morgan fingerprint density at radius 2 is 2.29 bits per heavy atom. The normalized spacial score (nSPS) is 22.1. The molecule has 5 nitrogen and oxygen atoms in total. The number of amides is 2. The van der Waals surface area contributed by atoms with Gasteiger partial charge in [-0.25, -0.2) is 0 Å². The number of nitrogens with zero attached hydrogens (tertiary/aromatic N) is 1. The lowest BCUT2D eigenvalue weighted by Crippen LogP contribution is -2.57. The fraction of sp³-hybridized carbons (Fsp3) is 0.818. The zero-order chi connectivity index (χ0) is 12.8. The maximum atomic E-state index is 11.9. The molecule has 0 aliphatic carbocycles. The van der Waals surface area contributed by atoms with Gasteiger partial charge in [0.1, 0.15) is 6.04 Å². The van der Waals surface area contributed by atoms with Crippen molar-refractivity contribution in [2.75, 3.05) is 26.3 Å². The monoisotopic (exact) mass is 260 g/mol. The highest BCUT2D eigenvalue weighted by Gasteiger charge is 2.33. The molecule has 2 atom stereocenters. The summed E-state index contributed by atoms with van der Waals surface area (Å²) in [7, 11) is 0. The number of carbonyl (C=O) groups is 2. The Morgan fingerprint density at radius 3 is 2.88 bits per heavy atom. The molecule has 0 saturated carbocycles. The van der Waals surface area contributed by atoms with Crippen molar-refractivity contribution in [3.05, 3.63) is 0 Å². The van der Waals surface area contributed by atoms with Gasteiger partial charge in [-0.05, 0) is 13.3 Å². The average Bonchev–Trinajstić information content (AvgIpc) is 2.34. The molecule has 1 aliphatic heterocycles. The summed E-state index contributed by atoms with van der Waals surface area (Å²) < 4.78 is 5.26. The molecule has 2 amide bonds. The van der Waals surface area contributed by atoms with Crippen LogP contribution in [0.15, 0.2) is 0 Å². The zero-order valence-electron chi connectivity index (χ0n) is 10.3. The van der Waals surface area contributed by atoms with Crippen LogP contribution in [0.2, 0.25) is 0 Å². The second-order valence-electron chi connectivity index (χ2n) is 4.09. The maximum absolute atomic E-state index is 11.9. The van der Waals surface area contributed by atoms with Crippen LogP contribution in [0.4, 0.5) is 0 Å². The van der Waals surface area contributed by atoms with Gasteiger partial charge in [-0.2, -0.15) is 12.6 Å². The molecule has 98 valence electrons. The van der Waals surface area contributed by atoms with E-state index in [1.807, 2.05) is 6.92 Å². The highest BCUT2D eigenvalue weighted by Crippen LogP contribution is 2.11. The quantitative estimate of drug-likeness (QED) is 0.703. The van der Waals surface area contributed by atoms with Gasteiger partial charge in [-0.1, -0.05) is 6.92 Å². The van der Waals surface area contributed by atoms with E-state index in [1.54, 1.807) is 11.8 Å². The lowest BCUT2D eigenvalue weighted by Gasteiger charge is -2.35. The van der Waals surface area contributed by atoms with Crippen LogP contribution < -0.4 is 5.32 Å². The number of nitrogens with one attached hydrogen (secondary N) is 1. The van der Waals surface area contributed by atoms with Crippen LogP contribution in [0.5, 0.6) is 0 Å². The van der Waals surface area contributed by atoms with E-state index in [0.717, 1.165) is 6.42 Å². The molecular weight excluding hydrogens is 240 g/mol. The summed E-state index contributed by atoms with van der Waals surface area (Å²) >= 11 is 4.12. The van der Waals surface area contributed by atoms with Gasteiger partial charge >= 0.3 is 0 Å². The van der Waals surface area contributed by atoms with Crippen LogP contribution in [0.25, 0.3) is 0 Å². The predicted octanol–water partition coefficient (Wildman–Crippen LogP) is 0.0583. The SMILES string of the molecule is CCCNC(=O)C1COCCN1C(=O)C(C)S. The lowest BCUT2D eigenvalue weighted by molar-refractivity contribution is -0.147. The number of rotatable bonds is 4. The maximum Gasteiger partial charge on any atom is 0.245 e. The summed E-state index contributed by atoms with van der Waals surface area (Å²) in [5.41, 5.74) is 0. The van der Waals surface area contributed by atoms with E-state index in [4.69, 9.17) is 4.74 Å². The van der Waals surface area contributed by atoms with E-state index >= 15 is 0 Å². The van der Waals surface area contributed by atoms with Crippen LogP contribution in [0, 0.1) is 0 Å².